The first-order valence-corrected chi connectivity index (χ1v) is 8.36. The zero-order chi connectivity index (χ0) is 19.2. The topological polar surface area (TPSA) is 64.4 Å². The average molecular weight is 372 g/mol. The molecule has 0 aliphatic heterocycles. The van der Waals surface area contributed by atoms with Crippen molar-refractivity contribution in [2.24, 2.45) is 0 Å². The molecule has 2 aromatic carbocycles. The normalized spacial score (nSPS) is 10.8. The maximum atomic E-state index is 12.4. The van der Waals surface area contributed by atoms with Crippen molar-refractivity contribution in [2.45, 2.75) is 26.4 Å². The number of para-hydroxylation sites is 2. The van der Waals surface area contributed by atoms with Crippen molar-refractivity contribution in [2.75, 3.05) is 5.32 Å². The summed E-state index contributed by atoms with van der Waals surface area (Å²) < 4.78 is 34.9. The van der Waals surface area contributed by atoms with Crippen LogP contribution < -0.4 is 10.1 Å². The molecular weight excluding hydrogens is 354 g/mol. The van der Waals surface area contributed by atoms with Crippen LogP contribution in [0.5, 0.6) is 5.75 Å². The van der Waals surface area contributed by atoms with Crippen LogP contribution in [0.1, 0.15) is 17.9 Å². The number of anilines is 1. The molecule has 0 unspecified atom stereocenters. The second kappa shape index (κ2) is 8.44. The Bertz CT molecular complexity index is 908. The van der Waals surface area contributed by atoms with Crippen LogP contribution in [0.2, 0.25) is 0 Å². The van der Waals surface area contributed by atoms with E-state index in [-0.39, 0.29) is 30.2 Å². The molecule has 140 valence electrons. The second-order valence-electron chi connectivity index (χ2n) is 5.91. The number of nitrogens with one attached hydrogen (secondary N) is 1. The number of amides is 1. The van der Waals surface area contributed by atoms with E-state index in [4.69, 9.17) is 4.42 Å². The van der Waals surface area contributed by atoms with Gasteiger partial charge in [0.15, 0.2) is 11.7 Å². The van der Waals surface area contributed by atoms with Crippen LogP contribution in [-0.4, -0.2) is 17.5 Å². The highest BCUT2D eigenvalue weighted by Crippen LogP contribution is 2.26. The summed E-state index contributed by atoms with van der Waals surface area (Å²) in [6.07, 6.45) is 2.00. The van der Waals surface area contributed by atoms with Crippen molar-refractivity contribution in [3.8, 4) is 17.1 Å². The Morgan fingerprint density at radius 2 is 1.93 bits per heavy atom. The summed E-state index contributed by atoms with van der Waals surface area (Å²) in [5, 5.41) is 2.56. The van der Waals surface area contributed by atoms with Crippen LogP contribution >= 0.6 is 0 Å². The number of hydrogen-bond acceptors (Lipinski definition) is 4. The Kier molecular flexibility index (Phi) is 5.80. The third kappa shape index (κ3) is 5.13. The minimum atomic E-state index is -2.96. The lowest BCUT2D eigenvalue weighted by Crippen LogP contribution is -2.14. The molecule has 1 heterocycles. The molecular formula is C20H18F2N2O3. The molecule has 0 aliphatic rings. The summed E-state index contributed by atoms with van der Waals surface area (Å²) in [7, 11) is 0. The van der Waals surface area contributed by atoms with Gasteiger partial charge in [-0.25, -0.2) is 4.98 Å². The van der Waals surface area contributed by atoms with E-state index in [1.807, 2.05) is 31.2 Å². The van der Waals surface area contributed by atoms with Crippen LogP contribution in [0, 0.1) is 6.92 Å². The molecule has 7 heteroatoms. The molecule has 0 fully saturated rings. The first kappa shape index (κ1) is 18.6. The highest BCUT2D eigenvalue weighted by molar-refractivity contribution is 5.92. The summed E-state index contributed by atoms with van der Waals surface area (Å²) in [6, 6.07) is 13.9. The second-order valence-corrected chi connectivity index (χ2v) is 5.91. The van der Waals surface area contributed by atoms with Gasteiger partial charge < -0.3 is 14.5 Å². The maximum Gasteiger partial charge on any atom is 0.387 e. The van der Waals surface area contributed by atoms with Crippen molar-refractivity contribution in [1.82, 2.24) is 4.98 Å². The molecule has 1 aromatic heterocycles. The third-order valence-corrected chi connectivity index (χ3v) is 3.83. The van der Waals surface area contributed by atoms with Crippen molar-refractivity contribution < 1.29 is 22.7 Å². The van der Waals surface area contributed by atoms with Gasteiger partial charge in [-0.2, -0.15) is 8.78 Å². The quantitative estimate of drug-likeness (QED) is 0.646. The van der Waals surface area contributed by atoms with E-state index >= 15 is 0 Å². The molecule has 3 aromatic rings. The zero-order valence-corrected chi connectivity index (χ0v) is 14.6. The Morgan fingerprint density at radius 3 is 2.67 bits per heavy atom. The predicted molar refractivity (Wildman–Crippen MR) is 96.7 cm³/mol. The number of carbonyl (C=O) groups excluding carboxylic acids is 1. The van der Waals surface area contributed by atoms with Gasteiger partial charge in [0.05, 0.1) is 11.9 Å². The number of ether oxygens (including phenoxy) is 1. The summed E-state index contributed by atoms with van der Waals surface area (Å²) in [5.74, 6) is 0.618. The molecule has 0 aliphatic carbocycles. The smallest absolute Gasteiger partial charge is 0.387 e. The van der Waals surface area contributed by atoms with Crippen LogP contribution in [0.25, 0.3) is 11.3 Å². The predicted octanol–water partition coefficient (Wildman–Crippen LogP) is 4.82. The number of carbonyl (C=O) groups is 1. The summed E-state index contributed by atoms with van der Waals surface area (Å²) in [4.78, 5) is 16.3. The Hall–Kier alpha value is -3.22. The van der Waals surface area contributed by atoms with E-state index in [9.17, 15) is 13.6 Å². The minimum Gasteiger partial charge on any atom is -0.441 e. The van der Waals surface area contributed by atoms with Gasteiger partial charge in [0.2, 0.25) is 5.91 Å². The third-order valence-electron chi connectivity index (χ3n) is 3.83. The van der Waals surface area contributed by atoms with E-state index in [0.29, 0.717) is 11.7 Å². The lowest BCUT2D eigenvalue weighted by atomic mass is 10.1. The number of benzene rings is 2. The maximum absolute atomic E-state index is 12.4. The van der Waals surface area contributed by atoms with Gasteiger partial charge in [-0.3, -0.25) is 4.79 Å². The van der Waals surface area contributed by atoms with Crippen LogP contribution in [0.15, 0.2) is 59.1 Å². The lowest BCUT2D eigenvalue weighted by molar-refractivity contribution is -0.116. The number of nitrogens with zero attached hydrogens (tertiary/aromatic N) is 1. The van der Waals surface area contributed by atoms with Crippen LogP contribution in [0.4, 0.5) is 14.5 Å². The first-order valence-electron chi connectivity index (χ1n) is 8.36. The van der Waals surface area contributed by atoms with Crippen molar-refractivity contribution in [3.63, 3.8) is 0 Å². The van der Waals surface area contributed by atoms with Gasteiger partial charge in [0.1, 0.15) is 5.75 Å². The molecule has 5 nitrogen and oxygen atoms in total. The molecule has 0 spiro atoms. The fraction of sp³-hybridized carbons (Fsp3) is 0.200. The van der Waals surface area contributed by atoms with Gasteiger partial charge in [0, 0.05) is 18.4 Å². The Labute approximate surface area is 155 Å². The lowest BCUT2D eigenvalue weighted by Gasteiger charge is -2.11. The number of aromatic nitrogens is 1. The zero-order valence-electron chi connectivity index (χ0n) is 14.6. The van der Waals surface area contributed by atoms with Gasteiger partial charge >= 0.3 is 6.61 Å². The fourth-order valence-corrected chi connectivity index (χ4v) is 2.48. The molecule has 0 saturated heterocycles. The SMILES string of the molecule is Cc1ccc(-c2cnc(CCC(=O)Nc3ccccc3OC(F)F)o2)cc1. The molecule has 27 heavy (non-hydrogen) atoms. The number of hydrogen-bond donors (Lipinski definition) is 1. The van der Waals surface area contributed by atoms with Gasteiger partial charge in [-0.05, 0) is 19.1 Å². The molecule has 0 saturated carbocycles. The molecule has 1 amide bonds. The van der Waals surface area contributed by atoms with E-state index in [0.717, 1.165) is 11.1 Å². The summed E-state index contributed by atoms with van der Waals surface area (Å²) in [5.41, 5.74) is 2.24. The molecule has 0 radical (unpaired) electrons. The van der Waals surface area contributed by atoms with E-state index in [1.165, 1.54) is 12.1 Å². The molecule has 1 N–H and O–H groups in total. The van der Waals surface area contributed by atoms with Crippen LogP contribution in [-0.2, 0) is 11.2 Å². The first-order chi connectivity index (χ1) is 13.0. The minimum absolute atomic E-state index is 0.0846. The van der Waals surface area contributed by atoms with E-state index in [2.05, 4.69) is 15.0 Å². The Morgan fingerprint density at radius 1 is 1.19 bits per heavy atom. The number of oxazole rings is 1. The van der Waals surface area contributed by atoms with E-state index in [1.54, 1.807) is 18.3 Å². The molecule has 0 atom stereocenters. The number of halogens is 2. The van der Waals surface area contributed by atoms with Crippen molar-refractivity contribution in [3.05, 3.63) is 66.2 Å². The van der Waals surface area contributed by atoms with Crippen molar-refractivity contribution >= 4 is 11.6 Å². The Balaban J connectivity index is 1.58. The fourth-order valence-electron chi connectivity index (χ4n) is 2.48. The highest BCUT2D eigenvalue weighted by atomic mass is 19.3. The molecule has 3 rings (SSSR count). The van der Waals surface area contributed by atoms with Crippen LogP contribution in [0.3, 0.4) is 0 Å². The molecule has 0 bridgehead atoms. The average Bonchev–Trinajstić information content (AvgIpc) is 3.11. The highest BCUT2D eigenvalue weighted by Gasteiger charge is 2.13. The number of rotatable bonds is 7. The van der Waals surface area contributed by atoms with Gasteiger partial charge in [-0.15, -0.1) is 0 Å². The standard InChI is InChI=1S/C20H18F2N2O3/c1-13-6-8-14(9-7-13)17-12-23-19(26-17)11-10-18(25)24-15-4-2-3-5-16(15)27-20(21)22/h2-9,12,20H,10-11H2,1H3,(H,24,25). The van der Waals surface area contributed by atoms with Crippen molar-refractivity contribution in [1.29, 1.82) is 0 Å². The monoisotopic (exact) mass is 372 g/mol. The number of alkyl halides is 2. The van der Waals surface area contributed by atoms with Gasteiger partial charge in [0.25, 0.3) is 0 Å². The largest absolute Gasteiger partial charge is 0.441 e. The summed E-state index contributed by atoms with van der Waals surface area (Å²) >= 11 is 0. The summed E-state index contributed by atoms with van der Waals surface area (Å²) in [6.45, 7) is -0.964. The number of aryl methyl sites for hydroxylation is 2. The van der Waals surface area contributed by atoms with E-state index < -0.39 is 6.61 Å². The van der Waals surface area contributed by atoms with Gasteiger partial charge in [-0.1, -0.05) is 42.0 Å².